The van der Waals surface area contributed by atoms with Crippen molar-refractivity contribution < 1.29 is 26.5 Å². The molecule has 1 saturated heterocycles. The fourth-order valence-electron chi connectivity index (χ4n) is 1.25. The van der Waals surface area contributed by atoms with E-state index in [0.717, 1.165) is 18.2 Å². The first-order chi connectivity index (χ1) is 8.38. The summed E-state index contributed by atoms with van der Waals surface area (Å²) < 4.78 is 57.8. The van der Waals surface area contributed by atoms with Gasteiger partial charge in [-0.05, 0) is 29.3 Å². The minimum absolute atomic E-state index is 0.00745. The molecule has 1 fully saturated rings. The van der Waals surface area contributed by atoms with Gasteiger partial charge in [0.1, 0.15) is 0 Å². The van der Waals surface area contributed by atoms with E-state index in [1.54, 1.807) is 0 Å². The highest BCUT2D eigenvalue weighted by Crippen LogP contribution is 2.30. The van der Waals surface area contributed by atoms with Gasteiger partial charge >= 0.3 is 0 Å². The van der Waals surface area contributed by atoms with Gasteiger partial charge in [0.25, 0.3) is 10.1 Å². The second-order valence-corrected chi connectivity index (χ2v) is 6.98. The van der Waals surface area contributed by atoms with Crippen LogP contribution in [0.15, 0.2) is 32.9 Å². The Morgan fingerprint density at radius 1 is 1.56 bits per heavy atom. The van der Waals surface area contributed by atoms with Crippen LogP contribution in [-0.2, 0) is 25.9 Å². The molecule has 0 saturated carbocycles. The van der Waals surface area contributed by atoms with Gasteiger partial charge in [-0.1, -0.05) is 0 Å². The lowest BCUT2D eigenvalue weighted by atomic mass is 10.4. The van der Waals surface area contributed by atoms with E-state index in [2.05, 4.69) is 0 Å². The van der Waals surface area contributed by atoms with Crippen molar-refractivity contribution in [2.75, 3.05) is 12.4 Å². The summed E-state index contributed by atoms with van der Waals surface area (Å²) in [4.78, 5) is -0.0297. The molecule has 0 bridgehead atoms. The van der Waals surface area contributed by atoms with Gasteiger partial charge in [0.15, 0.2) is 0 Å². The molecule has 1 aromatic carbocycles. The summed E-state index contributed by atoms with van der Waals surface area (Å²) in [5.41, 5.74) is 0. The number of benzene rings is 1. The minimum Gasteiger partial charge on any atom is -0.768 e. The molecule has 1 aliphatic heterocycles. The Morgan fingerprint density at radius 3 is 2.72 bits per heavy atom. The highest BCUT2D eigenvalue weighted by Gasteiger charge is 2.23. The molecule has 1 heterocycles. The van der Waals surface area contributed by atoms with E-state index >= 15 is 0 Å². The molecule has 0 spiro atoms. The van der Waals surface area contributed by atoms with Gasteiger partial charge in [0, 0.05) is 15.5 Å². The first-order valence-electron chi connectivity index (χ1n) is 4.83. The average Bonchev–Trinajstić information content (AvgIpc) is 3.08. The van der Waals surface area contributed by atoms with E-state index in [4.69, 9.17) is 9.29 Å². The third-order valence-electron chi connectivity index (χ3n) is 2.22. The van der Waals surface area contributed by atoms with Crippen LogP contribution in [0.25, 0.3) is 0 Å². The first kappa shape index (κ1) is 14.0. The molecule has 1 aromatic rings. The molecule has 0 aromatic heterocycles. The van der Waals surface area contributed by atoms with Gasteiger partial charge < -0.3 is 9.29 Å². The fraction of sp³-hybridized carbons (Fsp3) is 0.333. The van der Waals surface area contributed by atoms with Gasteiger partial charge in [-0.15, -0.1) is 11.8 Å². The Morgan fingerprint density at radius 2 is 2.22 bits per heavy atom. The van der Waals surface area contributed by atoms with Crippen LogP contribution in [-0.4, -0.2) is 40.2 Å². The Balaban J connectivity index is 2.33. The average molecular weight is 309 g/mol. The van der Waals surface area contributed by atoms with Gasteiger partial charge in [0.2, 0.25) is 0 Å². The highest BCUT2D eigenvalue weighted by molar-refractivity contribution is 7.99. The van der Waals surface area contributed by atoms with Crippen molar-refractivity contribution in [3.05, 3.63) is 18.2 Å². The van der Waals surface area contributed by atoms with Gasteiger partial charge in [-0.3, -0.25) is 8.76 Å². The van der Waals surface area contributed by atoms with Gasteiger partial charge in [-0.2, -0.15) is 8.42 Å². The zero-order chi connectivity index (χ0) is 13.3. The molecule has 0 amide bonds. The molecule has 18 heavy (non-hydrogen) atoms. The SMILES string of the molecule is O=S([O-])c1ccc(S(=O)(=O)O)cc1SCC1CO1. The summed E-state index contributed by atoms with van der Waals surface area (Å²) >= 11 is -1.28. The first-order valence-corrected chi connectivity index (χ1v) is 8.33. The van der Waals surface area contributed by atoms with Crippen LogP contribution >= 0.6 is 11.8 Å². The maximum atomic E-state index is 11.0. The van der Waals surface area contributed by atoms with E-state index in [9.17, 15) is 17.2 Å². The van der Waals surface area contributed by atoms with Gasteiger partial charge in [-0.25, -0.2) is 0 Å². The van der Waals surface area contributed by atoms with Crippen LogP contribution in [0.5, 0.6) is 0 Å². The lowest BCUT2D eigenvalue weighted by Gasteiger charge is -2.12. The van der Waals surface area contributed by atoms with Crippen molar-refractivity contribution in [2.24, 2.45) is 0 Å². The Labute approximate surface area is 111 Å². The lowest BCUT2D eigenvalue weighted by Crippen LogP contribution is -2.01. The molecule has 0 aliphatic carbocycles. The number of hydrogen-bond acceptors (Lipinski definition) is 6. The topological polar surface area (TPSA) is 107 Å². The standard InChI is InChI=1S/C9H10O6S3/c10-17(11)9-2-1-7(18(12,13)14)3-8(9)16-5-6-4-15-6/h1-3,6H,4-5H2,(H,10,11)(H,12,13,14)/p-1. The zero-order valence-electron chi connectivity index (χ0n) is 8.94. The number of rotatable bonds is 5. The summed E-state index contributed by atoms with van der Waals surface area (Å²) in [6, 6.07) is 3.36. The molecule has 1 N–H and O–H groups in total. The Kier molecular flexibility index (Phi) is 4.09. The predicted octanol–water partition coefficient (Wildman–Crippen LogP) is 0.662. The van der Waals surface area contributed by atoms with Gasteiger partial charge in [0.05, 0.1) is 17.6 Å². The molecule has 9 heteroatoms. The van der Waals surface area contributed by atoms with Crippen LogP contribution in [0.1, 0.15) is 0 Å². The van der Waals surface area contributed by atoms with Crippen molar-refractivity contribution in [3.63, 3.8) is 0 Å². The van der Waals surface area contributed by atoms with E-state index in [-0.39, 0.29) is 20.8 Å². The molecule has 1 aliphatic rings. The van der Waals surface area contributed by atoms with E-state index in [1.807, 2.05) is 0 Å². The molecule has 0 radical (unpaired) electrons. The molecular weight excluding hydrogens is 300 g/mol. The summed E-state index contributed by atoms with van der Waals surface area (Å²) in [6.07, 6.45) is 0.0809. The van der Waals surface area contributed by atoms with Crippen molar-refractivity contribution in [3.8, 4) is 0 Å². The van der Waals surface area contributed by atoms with Crippen LogP contribution in [0.2, 0.25) is 0 Å². The number of epoxide rings is 1. The van der Waals surface area contributed by atoms with Crippen LogP contribution in [0.4, 0.5) is 0 Å². The molecule has 100 valence electrons. The van der Waals surface area contributed by atoms with Crippen LogP contribution in [0, 0.1) is 0 Å². The fourth-order valence-corrected chi connectivity index (χ4v) is 3.59. The maximum Gasteiger partial charge on any atom is 0.294 e. The van der Waals surface area contributed by atoms with Crippen molar-refractivity contribution >= 4 is 33.0 Å². The van der Waals surface area contributed by atoms with E-state index < -0.39 is 21.2 Å². The molecule has 6 nitrogen and oxygen atoms in total. The highest BCUT2D eigenvalue weighted by atomic mass is 32.2. The Hall–Kier alpha value is -0.450. The second-order valence-electron chi connectivity index (χ2n) is 3.58. The van der Waals surface area contributed by atoms with E-state index in [0.29, 0.717) is 12.4 Å². The summed E-state index contributed by atoms with van der Waals surface area (Å²) in [5, 5.41) is 0. The van der Waals surface area contributed by atoms with Crippen molar-refractivity contribution in [1.29, 1.82) is 0 Å². The third-order valence-corrected chi connectivity index (χ3v) is 5.10. The lowest BCUT2D eigenvalue weighted by molar-refractivity contribution is 0.426. The Bertz CT molecular complexity index is 578. The summed E-state index contributed by atoms with van der Waals surface area (Å²) in [7, 11) is -4.34. The van der Waals surface area contributed by atoms with E-state index in [1.165, 1.54) is 11.8 Å². The molecule has 2 unspecified atom stereocenters. The quantitative estimate of drug-likeness (QED) is 0.368. The van der Waals surface area contributed by atoms with Crippen LogP contribution in [0.3, 0.4) is 0 Å². The minimum atomic E-state index is -4.34. The zero-order valence-corrected chi connectivity index (χ0v) is 11.4. The van der Waals surface area contributed by atoms with Crippen molar-refractivity contribution in [1.82, 2.24) is 0 Å². The third kappa shape index (κ3) is 3.53. The number of thioether (sulfide) groups is 1. The summed E-state index contributed by atoms with van der Waals surface area (Å²) in [5.74, 6) is 0.541. The normalized spacial score (nSPS) is 20.7. The largest absolute Gasteiger partial charge is 0.768 e. The molecule has 2 rings (SSSR count). The second kappa shape index (κ2) is 5.27. The van der Waals surface area contributed by atoms with Crippen molar-refractivity contribution in [2.45, 2.75) is 20.8 Å². The van der Waals surface area contributed by atoms with Crippen LogP contribution < -0.4 is 0 Å². The smallest absolute Gasteiger partial charge is 0.294 e. The number of hydrogen-bond donors (Lipinski definition) is 1. The predicted molar refractivity (Wildman–Crippen MR) is 63.9 cm³/mol. The number of ether oxygens (including phenoxy) is 1. The maximum absolute atomic E-state index is 11.0. The summed E-state index contributed by atoms with van der Waals surface area (Å²) in [6.45, 7) is 0.626. The molecule has 2 atom stereocenters. The monoisotopic (exact) mass is 309 g/mol. The molecular formula is C9H9O6S3-.